The lowest BCUT2D eigenvalue weighted by molar-refractivity contribution is -0.167. The first-order valence-electron chi connectivity index (χ1n) is 22.5. The summed E-state index contributed by atoms with van der Waals surface area (Å²) in [6.45, 7) is 6.54. The van der Waals surface area contributed by atoms with Crippen LogP contribution in [0.3, 0.4) is 0 Å². The molecule has 1 atom stereocenters. The van der Waals surface area contributed by atoms with E-state index >= 15 is 0 Å². The third-order valence-electron chi connectivity index (χ3n) is 9.65. The number of hydrogen-bond donors (Lipinski definition) is 0. The van der Waals surface area contributed by atoms with Gasteiger partial charge in [-0.2, -0.15) is 0 Å². The van der Waals surface area contributed by atoms with Gasteiger partial charge in [0.05, 0.1) is 0 Å². The molecule has 0 aliphatic rings. The van der Waals surface area contributed by atoms with Crippen molar-refractivity contribution < 1.29 is 28.6 Å². The number of ether oxygens (including phenoxy) is 3. The largest absolute Gasteiger partial charge is 0.462 e. The second-order valence-corrected chi connectivity index (χ2v) is 15.0. The van der Waals surface area contributed by atoms with Crippen molar-refractivity contribution >= 4 is 17.9 Å². The highest BCUT2D eigenvalue weighted by Gasteiger charge is 2.19. The summed E-state index contributed by atoms with van der Waals surface area (Å²) in [5, 5.41) is 0. The molecule has 0 aromatic heterocycles. The second kappa shape index (κ2) is 42.4. The van der Waals surface area contributed by atoms with Crippen molar-refractivity contribution in [3.8, 4) is 0 Å². The molecule has 0 heterocycles. The van der Waals surface area contributed by atoms with E-state index in [2.05, 4.69) is 57.2 Å². The van der Waals surface area contributed by atoms with Crippen LogP contribution in [0, 0.1) is 0 Å². The Morgan fingerprint density at radius 3 is 1.09 bits per heavy atom. The van der Waals surface area contributed by atoms with E-state index in [0.717, 1.165) is 70.6 Å². The zero-order valence-corrected chi connectivity index (χ0v) is 35.0. The summed E-state index contributed by atoms with van der Waals surface area (Å²) in [7, 11) is 0. The van der Waals surface area contributed by atoms with Gasteiger partial charge in [0.1, 0.15) is 13.2 Å². The summed E-state index contributed by atoms with van der Waals surface area (Å²) in [4.78, 5) is 37.6. The normalized spacial score (nSPS) is 12.3. The molecule has 53 heavy (non-hydrogen) atoms. The molecule has 0 spiro atoms. The third kappa shape index (κ3) is 40.6. The topological polar surface area (TPSA) is 78.9 Å². The quantitative estimate of drug-likeness (QED) is 0.0269. The predicted molar refractivity (Wildman–Crippen MR) is 224 cm³/mol. The average Bonchev–Trinajstić information content (AvgIpc) is 3.15. The molecule has 0 fully saturated rings. The zero-order chi connectivity index (χ0) is 38.7. The zero-order valence-electron chi connectivity index (χ0n) is 35.0. The van der Waals surface area contributed by atoms with Crippen molar-refractivity contribution in [2.45, 2.75) is 232 Å². The number of carbonyl (C=O) groups is 3. The molecule has 0 saturated carbocycles. The molecule has 6 nitrogen and oxygen atoms in total. The summed E-state index contributed by atoms with van der Waals surface area (Å²) in [5.41, 5.74) is 0. The van der Waals surface area contributed by atoms with Crippen molar-refractivity contribution in [3.63, 3.8) is 0 Å². The van der Waals surface area contributed by atoms with Crippen molar-refractivity contribution in [2.24, 2.45) is 0 Å². The van der Waals surface area contributed by atoms with E-state index in [1.54, 1.807) is 0 Å². The van der Waals surface area contributed by atoms with Crippen LogP contribution in [0.4, 0.5) is 0 Å². The van der Waals surface area contributed by atoms with Crippen molar-refractivity contribution in [1.29, 1.82) is 0 Å². The third-order valence-corrected chi connectivity index (χ3v) is 9.65. The first kappa shape index (κ1) is 50.6. The monoisotopic (exact) mass is 745 g/mol. The van der Waals surface area contributed by atoms with Gasteiger partial charge in [-0.3, -0.25) is 14.4 Å². The lowest BCUT2D eigenvalue weighted by Gasteiger charge is -2.18. The van der Waals surface area contributed by atoms with Gasteiger partial charge < -0.3 is 14.2 Å². The Morgan fingerprint density at radius 1 is 0.377 bits per heavy atom. The Balaban J connectivity index is 4.40. The lowest BCUT2D eigenvalue weighted by atomic mass is 10.1. The number of unbranched alkanes of at least 4 members (excludes halogenated alkanes) is 23. The highest BCUT2D eigenvalue weighted by atomic mass is 16.6. The molecule has 308 valence electrons. The number of allylic oxidation sites excluding steroid dienone is 6. The molecule has 0 aliphatic heterocycles. The minimum atomic E-state index is -0.779. The highest BCUT2D eigenvalue weighted by Crippen LogP contribution is 2.14. The first-order chi connectivity index (χ1) is 26.0. The molecule has 0 aromatic carbocycles. The van der Waals surface area contributed by atoms with Crippen LogP contribution in [0.1, 0.15) is 226 Å². The van der Waals surface area contributed by atoms with Gasteiger partial charge in [0.2, 0.25) is 0 Å². The van der Waals surface area contributed by atoms with E-state index in [9.17, 15) is 14.4 Å². The standard InChI is InChI=1S/C47H84O6/c1-4-7-10-13-16-19-21-22-23-24-26-28-31-34-37-40-46(49)52-43-44(42-51-45(48)39-36-33-30-27-18-15-12-9-6-3)53-47(50)41-38-35-32-29-25-20-17-14-11-8-5-2/h16,19,22-23,26,28,44H,4-15,17-18,20-21,24-25,27,29-43H2,1-3H3/b19-16-,23-22-,28-26-/t44-/m1/s1. The molecule has 0 aliphatic carbocycles. The van der Waals surface area contributed by atoms with Gasteiger partial charge in [-0.05, 0) is 57.8 Å². The minimum absolute atomic E-state index is 0.0813. The van der Waals surface area contributed by atoms with Crippen LogP contribution in [0.5, 0.6) is 0 Å². The molecule has 0 unspecified atom stereocenters. The van der Waals surface area contributed by atoms with Crippen molar-refractivity contribution in [2.75, 3.05) is 13.2 Å². The van der Waals surface area contributed by atoms with E-state index < -0.39 is 6.10 Å². The first-order valence-corrected chi connectivity index (χ1v) is 22.5. The Bertz CT molecular complexity index is 907. The van der Waals surface area contributed by atoms with Crippen LogP contribution >= 0.6 is 0 Å². The molecule has 6 heteroatoms. The molecule has 0 bridgehead atoms. The maximum absolute atomic E-state index is 12.7. The van der Waals surface area contributed by atoms with Gasteiger partial charge in [-0.15, -0.1) is 0 Å². The molecular weight excluding hydrogens is 661 g/mol. The molecule has 0 amide bonds. The molecule has 0 N–H and O–H groups in total. The second-order valence-electron chi connectivity index (χ2n) is 15.0. The molecule has 0 aromatic rings. The summed E-state index contributed by atoms with van der Waals surface area (Å²) in [6.07, 6.45) is 47.0. The summed E-state index contributed by atoms with van der Waals surface area (Å²) in [6, 6.07) is 0. The maximum Gasteiger partial charge on any atom is 0.306 e. The van der Waals surface area contributed by atoms with Crippen molar-refractivity contribution in [1.82, 2.24) is 0 Å². The van der Waals surface area contributed by atoms with Crippen LogP contribution in [-0.4, -0.2) is 37.2 Å². The fourth-order valence-electron chi connectivity index (χ4n) is 6.21. The van der Waals surface area contributed by atoms with E-state index in [-0.39, 0.29) is 31.1 Å². The van der Waals surface area contributed by atoms with Gasteiger partial charge in [0, 0.05) is 19.3 Å². The summed E-state index contributed by atoms with van der Waals surface area (Å²) >= 11 is 0. The van der Waals surface area contributed by atoms with E-state index in [1.807, 2.05) is 0 Å². The Kier molecular flexibility index (Phi) is 40.5. The summed E-state index contributed by atoms with van der Waals surface area (Å²) in [5.74, 6) is -0.923. The van der Waals surface area contributed by atoms with E-state index in [4.69, 9.17) is 14.2 Å². The smallest absolute Gasteiger partial charge is 0.306 e. The van der Waals surface area contributed by atoms with Crippen LogP contribution in [-0.2, 0) is 28.6 Å². The molecule has 0 radical (unpaired) electrons. The number of esters is 3. The summed E-state index contributed by atoms with van der Waals surface area (Å²) < 4.78 is 16.6. The van der Waals surface area contributed by atoms with Gasteiger partial charge in [-0.1, -0.05) is 186 Å². The fraction of sp³-hybridized carbons (Fsp3) is 0.809. The number of hydrogen-bond acceptors (Lipinski definition) is 6. The van der Waals surface area contributed by atoms with Gasteiger partial charge >= 0.3 is 17.9 Å². The molecule has 0 saturated heterocycles. The van der Waals surface area contributed by atoms with Crippen LogP contribution < -0.4 is 0 Å². The Morgan fingerprint density at radius 2 is 0.679 bits per heavy atom. The average molecular weight is 745 g/mol. The van der Waals surface area contributed by atoms with Gasteiger partial charge in [0.25, 0.3) is 0 Å². The van der Waals surface area contributed by atoms with E-state index in [0.29, 0.717) is 19.3 Å². The number of rotatable bonds is 40. The van der Waals surface area contributed by atoms with Gasteiger partial charge in [-0.25, -0.2) is 0 Å². The predicted octanol–water partition coefficient (Wildman–Crippen LogP) is 14.2. The molecule has 0 rings (SSSR count). The van der Waals surface area contributed by atoms with Crippen LogP contribution in [0.2, 0.25) is 0 Å². The maximum atomic E-state index is 12.7. The Labute approximate surface area is 327 Å². The number of carbonyl (C=O) groups excluding carboxylic acids is 3. The SMILES string of the molecule is CCCCC/C=C\C/C=C\C/C=C\CCCCC(=O)OC[C@@H](COC(=O)CCCCCCCCCCC)OC(=O)CCCCCCCCCCCCC. The Hall–Kier alpha value is -2.37. The lowest BCUT2D eigenvalue weighted by Crippen LogP contribution is -2.30. The van der Waals surface area contributed by atoms with E-state index in [1.165, 1.54) is 116 Å². The molecular formula is C47H84O6. The fourth-order valence-corrected chi connectivity index (χ4v) is 6.21. The highest BCUT2D eigenvalue weighted by molar-refractivity contribution is 5.71. The van der Waals surface area contributed by atoms with Gasteiger partial charge in [0.15, 0.2) is 6.10 Å². The minimum Gasteiger partial charge on any atom is -0.462 e. The van der Waals surface area contributed by atoms with Crippen molar-refractivity contribution in [3.05, 3.63) is 36.5 Å². The van der Waals surface area contributed by atoms with Crippen LogP contribution in [0.15, 0.2) is 36.5 Å². The van der Waals surface area contributed by atoms with Crippen LogP contribution in [0.25, 0.3) is 0 Å².